The number of aliphatic hydroxyl groups is 1. The van der Waals surface area contributed by atoms with Gasteiger partial charge in [0.15, 0.2) is 0 Å². The quantitative estimate of drug-likeness (QED) is 0.930. The summed E-state index contributed by atoms with van der Waals surface area (Å²) in [4.78, 5) is 0. The van der Waals surface area contributed by atoms with Gasteiger partial charge in [0.25, 0.3) is 0 Å². The van der Waals surface area contributed by atoms with Gasteiger partial charge in [-0.2, -0.15) is 5.10 Å². The maximum atomic E-state index is 13.3. The fourth-order valence-electron chi connectivity index (χ4n) is 2.13. The molecule has 5 heteroatoms. The van der Waals surface area contributed by atoms with Crippen molar-refractivity contribution in [1.82, 2.24) is 9.78 Å². The Morgan fingerprint density at radius 2 is 2.22 bits per heavy atom. The van der Waals surface area contributed by atoms with Crippen molar-refractivity contribution in [2.45, 2.75) is 18.9 Å². The zero-order valence-corrected chi connectivity index (χ0v) is 10.9. The Kier molecular flexibility index (Phi) is 3.41. The van der Waals surface area contributed by atoms with E-state index in [1.54, 1.807) is 19.2 Å². The second-order valence-electron chi connectivity index (χ2n) is 4.19. The van der Waals surface area contributed by atoms with Crippen molar-refractivity contribution in [1.29, 1.82) is 0 Å². The lowest BCUT2D eigenvalue weighted by molar-refractivity contribution is 0.0675. The standard InChI is InChI=1S/C13H14ClFN2O/c1-3-13(18,9-5-4-6-10(15)7-9)12-11(14)8-16-17(12)2/h4-8,18H,3H2,1-2H3. The lowest BCUT2D eigenvalue weighted by Crippen LogP contribution is -2.29. The van der Waals surface area contributed by atoms with Crippen molar-refractivity contribution in [2.75, 3.05) is 0 Å². The minimum Gasteiger partial charge on any atom is -0.379 e. The van der Waals surface area contributed by atoms with Gasteiger partial charge in [-0.15, -0.1) is 0 Å². The molecule has 1 N–H and O–H groups in total. The van der Waals surface area contributed by atoms with Crippen molar-refractivity contribution in [3.05, 3.63) is 52.6 Å². The van der Waals surface area contributed by atoms with Crippen molar-refractivity contribution < 1.29 is 9.50 Å². The van der Waals surface area contributed by atoms with Gasteiger partial charge >= 0.3 is 0 Å². The van der Waals surface area contributed by atoms with Crippen LogP contribution in [0, 0.1) is 5.82 Å². The van der Waals surface area contributed by atoms with Crippen molar-refractivity contribution in [3.8, 4) is 0 Å². The van der Waals surface area contributed by atoms with E-state index in [0.29, 0.717) is 22.7 Å². The molecule has 96 valence electrons. The summed E-state index contributed by atoms with van der Waals surface area (Å²) in [7, 11) is 1.70. The Hall–Kier alpha value is -1.39. The number of benzene rings is 1. The molecular weight excluding hydrogens is 255 g/mol. The number of rotatable bonds is 3. The van der Waals surface area contributed by atoms with Gasteiger partial charge in [0, 0.05) is 7.05 Å². The molecule has 0 aliphatic heterocycles. The fraction of sp³-hybridized carbons (Fsp3) is 0.308. The summed E-state index contributed by atoms with van der Waals surface area (Å²) in [5.74, 6) is -0.391. The van der Waals surface area contributed by atoms with E-state index in [1.165, 1.54) is 23.0 Å². The van der Waals surface area contributed by atoms with Crippen LogP contribution in [0.3, 0.4) is 0 Å². The third-order valence-corrected chi connectivity index (χ3v) is 3.38. The van der Waals surface area contributed by atoms with Crippen molar-refractivity contribution >= 4 is 11.6 Å². The van der Waals surface area contributed by atoms with Gasteiger partial charge in [0.1, 0.15) is 11.4 Å². The van der Waals surface area contributed by atoms with E-state index < -0.39 is 11.4 Å². The molecule has 0 bridgehead atoms. The molecule has 0 saturated heterocycles. The zero-order valence-electron chi connectivity index (χ0n) is 10.2. The predicted octanol–water partition coefficient (Wildman–Crippen LogP) is 2.86. The van der Waals surface area contributed by atoms with Gasteiger partial charge in [-0.3, -0.25) is 4.68 Å². The molecule has 2 rings (SSSR count). The summed E-state index contributed by atoms with van der Waals surface area (Å²) in [6.45, 7) is 1.81. The normalized spacial score (nSPS) is 14.5. The number of aryl methyl sites for hydroxylation is 1. The molecule has 1 heterocycles. The van der Waals surface area contributed by atoms with E-state index in [1.807, 2.05) is 6.92 Å². The molecule has 0 aliphatic rings. The van der Waals surface area contributed by atoms with Crippen LogP contribution in [-0.2, 0) is 12.6 Å². The summed E-state index contributed by atoms with van der Waals surface area (Å²) in [5.41, 5.74) is -0.405. The topological polar surface area (TPSA) is 38.1 Å². The lowest BCUT2D eigenvalue weighted by Gasteiger charge is -2.28. The summed E-state index contributed by atoms with van der Waals surface area (Å²) < 4.78 is 14.8. The van der Waals surface area contributed by atoms with Gasteiger partial charge in [0.2, 0.25) is 0 Å². The van der Waals surface area contributed by atoms with Crippen LogP contribution in [0.5, 0.6) is 0 Å². The van der Waals surface area contributed by atoms with Crippen LogP contribution in [0.1, 0.15) is 24.6 Å². The molecule has 0 aliphatic carbocycles. The number of nitrogens with zero attached hydrogens (tertiary/aromatic N) is 2. The van der Waals surface area contributed by atoms with Crippen LogP contribution in [0.4, 0.5) is 4.39 Å². The first-order chi connectivity index (χ1) is 8.49. The Balaban J connectivity index is 2.62. The molecule has 1 aromatic heterocycles. The summed E-state index contributed by atoms with van der Waals surface area (Å²) >= 11 is 6.06. The highest BCUT2D eigenvalue weighted by Crippen LogP contribution is 2.36. The van der Waals surface area contributed by atoms with Crippen molar-refractivity contribution in [3.63, 3.8) is 0 Å². The first-order valence-electron chi connectivity index (χ1n) is 5.65. The number of hydrogen-bond donors (Lipinski definition) is 1. The predicted molar refractivity (Wildman–Crippen MR) is 67.9 cm³/mol. The van der Waals surface area contributed by atoms with E-state index in [9.17, 15) is 9.50 Å². The van der Waals surface area contributed by atoms with Gasteiger partial charge in [-0.1, -0.05) is 30.7 Å². The molecule has 0 spiro atoms. The summed E-state index contributed by atoms with van der Waals surface area (Å²) in [6.07, 6.45) is 1.84. The molecule has 1 unspecified atom stereocenters. The van der Waals surface area contributed by atoms with E-state index in [-0.39, 0.29) is 0 Å². The Morgan fingerprint density at radius 1 is 1.50 bits per heavy atom. The monoisotopic (exact) mass is 268 g/mol. The largest absolute Gasteiger partial charge is 0.379 e. The van der Waals surface area contributed by atoms with E-state index in [2.05, 4.69) is 5.10 Å². The molecule has 18 heavy (non-hydrogen) atoms. The minimum atomic E-state index is -1.34. The Morgan fingerprint density at radius 3 is 2.72 bits per heavy atom. The van der Waals surface area contributed by atoms with Gasteiger partial charge in [-0.25, -0.2) is 4.39 Å². The van der Waals surface area contributed by atoms with E-state index in [4.69, 9.17) is 11.6 Å². The van der Waals surface area contributed by atoms with Crippen LogP contribution in [0.15, 0.2) is 30.5 Å². The van der Waals surface area contributed by atoms with Crippen LogP contribution in [0.25, 0.3) is 0 Å². The Labute approximate surface area is 110 Å². The van der Waals surface area contributed by atoms with Crippen LogP contribution in [-0.4, -0.2) is 14.9 Å². The van der Waals surface area contributed by atoms with Crippen LogP contribution in [0.2, 0.25) is 5.02 Å². The average Bonchev–Trinajstić information content (AvgIpc) is 2.69. The van der Waals surface area contributed by atoms with Crippen LogP contribution >= 0.6 is 11.6 Å². The third-order valence-electron chi connectivity index (χ3n) is 3.10. The van der Waals surface area contributed by atoms with E-state index in [0.717, 1.165) is 0 Å². The van der Waals surface area contributed by atoms with Gasteiger partial charge in [-0.05, 0) is 24.1 Å². The van der Waals surface area contributed by atoms with Gasteiger partial charge < -0.3 is 5.11 Å². The summed E-state index contributed by atoms with van der Waals surface area (Å²) in [6, 6.07) is 5.89. The molecule has 0 fully saturated rings. The molecule has 0 radical (unpaired) electrons. The zero-order chi connectivity index (χ0) is 13.3. The summed E-state index contributed by atoms with van der Waals surface area (Å²) in [5, 5.41) is 15.2. The molecule has 1 atom stereocenters. The molecular formula is C13H14ClFN2O. The number of aromatic nitrogens is 2. The third kappa shape index (κ3) is 2.02. The maximum absolute atomic E-state index is 13.3. The number of halogens is 2. The SMILES string of the molecule is CCC(O)(c1cccc(F)c1)c1c(Cl)cnn1C. The van der Waals surface area contributed by atoms with E-state index >= 15 is 0 Å². The first kappa shape index (κ1) is 13.1. The highest BCUT2D eigenvalue weighted by Gasteiger charge is 2.35. The number of hydrogen-bond acceptors (Lipinski definition) is 2. The molecule has 0 saturated carbocycles. The fourth-order valence-corrected chi connectivity index (χ4v) is 2.45. The highest BCUT2D eigenvalue weighted by atomic mass is 35.5. The Bertz CT molecular complexity index is 550. The van der Waals surface area contributed by atoms with Crippen molar-refractivity contribution in [2.24, 2.45) is 7.05 Å². The molecule has 0 amide bonds. The van der Waals surface area contributed by atoms with Crippen LogP contribution < -0.4 is 0 Å². The smallest absolute Gasteiger partial charge is 0.132 e. The highest BCUT2D eigenvalue weighted by molar-refractivity contribution is 6.31. The first-order valence-corrected chi connectivity index (χ1v) is 6.03. The average molecular weight is 269 g/mol. The molecule has 1 aromatic carbocycles. The lowest BCUT2D eigenvalue weighted by atomic mass is 9.87. The maximum Gasteiger partial charge on any atom is 0.132 e. The molecule has 3 nitrogen and oxygen atoms in total. The second kappa shape index (κ2) is 4.71. The minimum absolute atomic E-state index is 0.367. The molecule has 2 aromatic rings. The van der Waals surface area contributed by atoms with Gasteiger partial charge in [0.05, 0.1) is 16.9 Å². The second-order valence-corrected chi connectivity index (χ2v) is 4.60.